The van der Waals surface area contributed by atoms with Crippen molar-refractivity contribution in [1.82, 2.24) is 10.3 Å². The number of esters is 1. The maximum Gasteiger partial charge on any atom is 0.356 e. The fourth-order valence-corrected chi connectivity index (χ4v) is 1.36. The largest absolute Gasteiger partial charge is 0.464 e. The molecule has 0 aliphatic rings. The highest BCUT2D eigenvalue weighted by Crippen LogP contribution is 2.08. The third-order valence-electron chi connectivity index (χ3n) is 2.21. The molecule has 1 aromatic rings. The first-order valence-corrected chi connectivity index (χ1v) is 5.72. The highest BCUT2D eigenvalue weighted by atomic mass is 16.5. The fraction of sp³-hybridized carbons (Fsp3) is 0.417. The molecule has 18 heavy (non-hydrogen) atoms. The molecule has 1 heterocycles. The summed E-state index contributed by atoms with van der Waals surface area (Å²) in [5.41, 5.74) is 0.968. The summed E-state index contributed by atoms with van der Waals surface area (Å²) in [6.45, 7) is 2.99. The van der Waals surface area contributed by atoms with E-state index in [0.717, 1.165) is 5.69 Å². The number of carbonyl (C=O) groups excluding carboxylic acids is 2. The predicted octanol–water partition coefficient (Wildman–Crippen LogP) is 0.806. The Kier molecular flexibility index (Phi) is 5.63. The topological polar surface area (TPSA) is 80.3 Å². The van der Waals surface area contributed by atoms with E-state index in [2.05, 4.69) is 20.4 Å². The van der Waals surface area contributed by atoms with E-state index >= 15 is 0 Å². The molecule has 0 aliphatic carbocycles. The first kappa shape index (κ1) is 14.0. The molecule has 1 rings (SSSR count). The second kappa shape index (κ2) is 7.26. The van der Waals surface area contributed by atoms with Crippen LogP contribution in [0.3, 0.4) is 0 Å². The van der Waals surface area contributed by atoms with Gasteiger partial charge in [-0.3, -0.25) is 4.79 Å². The van der Waals surface area contributed by atoms with Crippen molar-refractivity contribution in [3.05, 3.63) is 24.0 Å². The van der Waals surface area contributed by atoms with Crippen LogP contribution in [0.2, 0.25) is 0 Å². The van der Waals surface area contributed by atoms with Crippen LogP contribution < -0.4 is 10.6 Å². The number of hydrogen-bond donors (Lipinski definition) is 2. The molecule has 0 aromatic carbocycles. The monoisotopic (exact) mass is 251 g/mol. The van der Waals surface area contributed by atoms with Crippen LogP contribution >= 0.6 is 0 Å². The number of pyridine rings is 1. The Labute approximate surface area is 106 Å². The minimum absolute atomic E-state index is 0.00718. The van der Waals surface area contributed by atoms with Crippen molar-refractivity contribution in [2.24, 2.45) is 0 Å². The standard InChI is InChI=1S/C12H17N3O3/c1-3-13-11(16)5-7-14-9-4-6-15-10(8-9)12(17)18-2/h4,6,8H,3,5,7H2,1-2H3,(H,13,16)(H,14,15). The number of aromatic nitrogens is 1. The van der Waals surface area contributed by atoms with Crippen molar-refractivity contribution in [1.29, 1.82) is 0 Å². The van der Waals surface area contributed by atoms with Gasteiger partial charge in [0.25, 0.3) is 0 Å². The van der Waals surface area contributed by atoms with E-state index in [-0.39, 0.29) is 11.6 Å². The average Bonchev–Trinajstić information content (AvgIpc) is 2.38. The molecule has 0 atom stereocenters. The molecule has 0 saturated carbocycles. The van der Waals surface area contributed by atoms with Gasteiger partial charge in [0.2, 0.25) is 5.91 Å². The third kappa shape index (κ3) is 4.40. The average molecular weight is 251 g/mol. The summed E-state index contributed by atoms with van der Waals surface area (Å²) in [7, 11) is 1.30. The second-order valence-electron chi connectivity index (χ2n) is 3.55. The number of ether oxygens (including phenoxy) is 1. The van der Waals surface area contributed by atoms with Crippen LogP contribution in [-0.4, -0.2) is 37.1 Å². The van der Waals surface area contributed by atoms with Gasteiger partial charge in [-0.05, 0) is 19.1 Å². The molecule has 0 bridgehead atoms. The molecule has 6 heteroatoms. The summed E-state index contributed by atoms with van der Waals surface area (Å²) in [5, 5.41) is 5.75. The molecule has 6 nitrogen and oxygen atoms in total. The first-order valence-electron chi connectivity index (χ1n) is 5.72. The van der Waals surface area contributed by atoms with Crippen LogP contribution in [0.25, 0.3) is 0 Å². The number of rotatable bonds is 6. The van der Waals surface area contributed by atoms with E-state index < -0.39 is 5.97 Å². The molecule has 0 saturated heterocycles. The lowest BCUT2D eigenvalue weighted by Crippen LogP contribution is -2.24. The van der Waals surface area contributed by atoms with Gasteiger partial charge in [-0.2, -0.15) is 0 Å². The van der Waals surface area contributed by atoms with Gasteiger partial charge in [0.1, 0.15) is 5.69 Å². The number of hydrogen-bond acceptors (Lipinski definition) is 5. The SMILES string of the molecule is CCNC(=O)CCNc1ccnc(C(=O)OC)c1. The summed E-state index contributed by atoms with van der Waals surface area (Å²) in [6, 6.07) is 3.31. The third-order valence-corrected chi connectivity index (χ3v) is 2.21. The smallest absolute Gasteiger partial charge is 0.356 e. The van der Waals surface area contributed by atoms with Gasteiger partial charge in [0.05, 0.1) is 7.11 Å². The molecular weight excluding hydrogens is 234 g/mol. The quantitative estimate of drug-likeness (QED) is 0.731. The van der Waals surface area contributed by atoms with E-state index in [1.54, 1.807) is 12.1 Å². The maximum atomic E-state index is 11.3. The summed E-state index contributed by atoms with van der Waals surface area (Å²) in [4.78, 5) is 26.4. The van der Waals surface area contributed by atoms with Crippen molar-refractivity contribution in [2.45, 2.75) is 13.3 Å². The van der Waals surface area contributed by atoms with E-state index in [0.29, 0.717) is 19.5 Å². The molecule has 2 N–H and O–H groups in total. The number of carbonyl (C=O) groups is 2. The molecule has 0 unspecified atom stereocenters. The van der Waals surface area contributed by atoms with Gasteiger partial charge < -0.3 is 15.4 Å². The highest BCUT2D eigenvalue weighted by molar-refractivity contribution is 5.88. The van der Waals surface area contributed by atoms with E-state index in [1.807, 2.05) is 6.92 Å². The van der Waals surface area contributed by atoms with Crippen LogP contribution in [-0.2, 0) is 9.53 Å². The fourth-order valence-electron chi connectivity index (χ4n) is 1.36. The van der Waals surface area contributed by atoms with Crippen LogP contribution in [0.5, 0.6) is 0 Å². The van der Waals surface area contributed by atoms with Gasteiger partial charge in [-0.25, -0.2) is 9.78 Å². The van der Waals surface area contributed by atoms with Crippen molar-refractivity contribution < 1.29 is 14.3 Å². The van der Waals surface area contributed by atoms with Gasteiger partial charge >= 0.3 is 5.97 Å². The van der Waals surface area contributed by atoms with Gasteiger partial charge in [0.15, 0.2) is 0 Å². The van der Waals surface area contributed by atoms with Crippen LogP contribution in [0.15, 0.2) is 18.3 Å². The Morgan fingerprint density at radius 1 is 1.44 bits per heavy atom. The van der Waals surface area contributed by atoms with Crippen molar-refractivity contribution >= 4 is 17.6 Å². The Morgan fingerprint density at radius 2 is 2.22 bits per heavy atom. The number of amides is 1. The Morgan fingerprint density at radius 3 is 2.89 bits per heavy atom. The molecule has 1 amide bonds. The molecule has 1 aromatic heterocycles. The molecular formula is C12H17N3O3. The number of anilines is 1. The lowest BCUT2D eigenvalue weighted by atomic mass is 10.3. The van der Waals surface area contributed by atoms with Gasteiger partial charge in [0, 0.05) is 31.4 Å². The van der Waals surface area contributed by atoms with Crippen LogP contribution in [0.4, 0.5) is 5.69 Å². The van der Waals surface area contributed by atoms with E-state index in [1.165, 1.54) is 13.3 Å². The van der Waals surface area contributed by atoms with Gasteiger partial charge in [-0.1, -0.05) is 0 Å². The predicted molar refractivity (Wildman–Crippen MR) is 67.4 cm³/mol. The molecule has 0 spiro atoms. The zero-order valence-electron chi connectivity index (χ0n) is 10.5. The van der Waals surface area contributed by atoms with Crippen LogP contribution in [0, 0.1) is 0 Å². The molecule has 98 valence electrons. The van der Waals surface area contributed by atoms with Crippen molar-refractivity contribution in [2.75, 3.05) is 25.5 Å². The lowest BCUT2D eigenvalue weighted by molar-refractivity contribution is -0.120. The summed E-state index contributed by atoms with van der Waals surface area (Å²) < 4.78 is 4.57. The molecule has 0 aliphatic heterocycles. The second-order valence-corrected chi connectivity index (χ2v) is 3.55. The summed E-state index contributed by atoms with van der Waals surface area (Å²) in [5.74, 6) is -0.491. The number of nitrogens with zero attached hydrogens (tertiary/aromatic N) is 1. The zero-order chi connectivity index (χ0) is 13.4. The van der Waals surface area contributed by atoms with Crippen molar-refractivity contribution in [3.63, 3.8) is 0 Å². The molecule has 0 radical (unpaired) electrons. The van der Waals surface area contributed by atoms with Gasteiger partial charge in [-0.15, -0.1) is 0 Å². The molecule has 0 fully saturated rings. The minimum atomic E-state index is -0.484. The Balaban J connectivity index is 2.47. The summed E-state index contributed by atoms with van der Waals surface area (Å²) in [6.07, 6.45) is 1.89. The number of nitrogens with one attached hydrogen (secondary N) is 2. The van der Waals surface area contributed by atoms with Crippen LogP contribution in [0.1, 0.15) is 23.8 Å². The lowest BCUT2D eigenvalue weighted by Gasteiger charge is -2.07. The highest BCUT2D eigenvalue weighted by Gasteiger charge is 2.07. The number of methoxy groups -OCH3 is 1. The Bertz CT molecular complexity index is 421. The maximum absolute atomic E-state index is 11.3. The van der Waals surface area contributed by atoms with E-state index in [9.17, 15) is 9.59 Å². The first-order chi connectivity index (χ1) is 8.67. The normalized spacial score (nSPS) is 9.67. The Hall–Kier alpha value is -2.11. The van der Waals surface area contributed by atoms with Crippen molar-refractivity contribution in [3.8, 4) is 0 Å². The minimum Gasteiger partial charge on any atom is -0.464 e. The zero-order valence-corrected chi connectivity index (χ0v) is 10.5. The summed E-state index contributed by atoms with van der Waals surface area (Å²) >= 11 is 0. The van der Waals surface area contributed by atoms with E-state index in [4.69, 9.17) is 0 Å².